The Morgan fingerprint density at radius 2 is 2.00 bits per heavy atom. The van der Waals surface area contributed by atoms with Crippen molar-refractivity contribution in [2.75, 3.05) is 12.3 Å². The van der Waals surface area contributed by atoms with Crippen LogP contribution < -0.4 is 10.6 Å². The molecule has 0 aromatic heterocycles. The van der Waals surface area contributed by atoms with E-state index in [1.54, 1.807) is 6.92 Å². The van der Waals surface area contributed by atoms with Gasteiger partial charge in [-0.05, 0) is 32.6 Å². The van der Waals surface area contributed by atoms with Gasteiger partial charge in [0.05, 0.1) is 16.4 Å². The number of amides is 2. The van der Waals surface area contributed by atoms with Gasteiger partial charge in [0.2, 0.25) is 0 Å². The minimum absolute atomic E-state index is 0.0880. The molecule has 3 N–H and O–H groups in total. The molecule has 3 unspecified atom stereocenters. The number of carboxylic acid groups (broad SMARTS) is 1. The molecule has 0 aromatic carbocycles. The third-order valence-corrected chi connectivity index (χ3v) is 6.98. The Labute approximate surface area is 124 Å². The van der Waals surface area contributed by atoms with Crippen LogP contribution in [0.15, 0.2) is 0 Å². The fourth-order valence-electron chi connectivity index (χ4n) is 3.16. The number of hydrogen-bond donors (Lipinski definition) is 3. The second-order valence-corrected chi connectivity index (χ2v) is 8.55. The molecular weight excluding hydrogens is 296 g/mol. The number of rotatable bonds is 4. The second kappa shape index (κ2) is 5.82. The van der Waals surface area contributed by atoms with E-state index in [9.17, 15) is 23.1 Å². The van der Waals surface area contributed by atoms with Crippen LogP contribution in [0, 0.1) is 5.41 Å². The zero-order valence-electron chi connectivity index (χ0n) is 12.1. The Hall–Kier alpha value is -1.31. The SMILES string of the molecule is CC1(C(=O)O)CCCC1NC(=O)NCC1CCCS1(=O)=O. The maximum atomic E-state index is 11.9. The van der Waals surface area contributed by atoms with Crippen LogP contribution in [0.25, 0.3) is 0 Å². The van der Waals surface area contributed by atoms with E-state index in [4.69, 9.17) is 0 Å². The van der Waals surface area contributed by atoms with Crippen LogP contribution in [0.3, 0.4) is 0 Å². The van der Waals surface area contributed by atoms with E-state index < -0.39 is 38.5 Å². The molecule has 1 aliphatic heterocycles. The molecule has 21 heavy (non-hydrogen) atoms. The van der Waals surface area contributed by atoms with Crippen LogP contribution in [0.2, 0.25) is 0 Å². The Kier molecular flexibility index (Phi) is 4.46. The van der Waals surface area contributed by atoms with Gasteiger partial charge in [-0.25, -0.2) is 13.2 Å². The summed E-state index contributed by atoms with van der Waals surface area (Å²) in [5, 5.41) is 14.0. The molecule has 1 aliphatic carbocycles. The van der Waals surface area contributed by atoms with Gasteiger partial charge in [0.15, 0.2) is 9.84 Å². The lowest BCUT2D eigenvalue weighted by atomic mass is 9.85. The normalized spacial score (nSPS) is 34.5. The molecular formula is C13H22N2O5S. The van der Waals surface area contributed by atoms with Crippen LogP contribution in [0.4, 0.5) is 4.79 Å². The van der Waals surface area contributed by atoms with Gasteiger partial charge in [0, 0.05) is 12.6 Å². The summed E-state index contributed by atoms with van der Waals surface area (Å²) in [7, 11) is -3.08. The molecule has 2 fully saturated rings. The third-order valence-electron chi connectivity index (χ3n) is 4.71. The molecule has 0 spiro atoms. The summed E-state index contributed by atoms with van der Waals surface area (Å²) >= 11 is 0. The summed E-state index contributed by atoms with van der Waals surface area (Å²) in [5.74, 6) is -0.732. The number of carbonyl (C=O) groups excluding carboxylic acids is 1. The summed E-state index contributed by atoms with van der Waals surface area (Å²) < 4.78 is 23.3. The molecule has 0 radical (unpaired) electrons. The van der Waals surface area contributed by atoms with Gasteiger partial charge in [0.1, 0.15) is 0 Å². The quantitative estimate of drug-likeness (QED) is 0.699. The molecule has 2 aliphatic rings. The average molecular weight is 318 g/mol. The minimum Gasteiger partial charge on any atom is -0.481 e. The molecule has 0 aromatic rings. The molecule has 0 bridgehead atoms. The number of nitrogens with one attached hydrogen (secondary N) is 2. The molecule has 2 amide bonds. The van der Waals surface area contributed by atoms with Crippen LogP contribution in [-0.4, -0.2) is 49.1 Å². The van der Waals surface area contributed by atoms with E-state index >= 15 is 0 Å². The fourth-order valence-corrected chi connectivity index (χ4v) is 4.92. The first-order valence-corrected chi connectivity index (χ1v) is 8.96. The lowest BCUT2D eigenvalue weighted by Crippen LogP contribution is -2.51. The van der Waals surface area contributed by atoms with Gasteiger partial charge in [-0.3, -0.25) is 4.79 Å². The first-order chi connectivity index (χ1) is 9.75. The molecule has 7 nitrogen and oxygen atoms in total. The summed E-state index contributed by atoms with van der Waals surface area (Å²) in [5.41, 5.74) is -0.948. The standard InChI is InChI=1S/C13H22N2O5S/c1-13(11(16)17)6-2-5-10(13)15-12(18)14-8-9-4-3-7-21(9,19)20/h9-10H,2-8H2,1H3,(H,16,17)(H2,14,15,18). The van der Waals surface area contributed by atoms with Crippen molar-refractivity contribution in [3.63, 3.8) is 0 Å². The van der Waals surface area contributed by atoms with E-state index in [-0.39, 0.29) is 12.3 Å². The molecule has 2 rings (SSSR count). The highest BCUT2D eigenvalue weighted by Gasteiger charge is 2.46. The monoisotopic (exact) mass is 318 g/mol. The van der Waals surface area contributed by atoms with Crippen molar-refractivity contribution in [3.05, 3.63) is 0 Å². The van der Waals surface area contributed by atoms with Gasteiger partial charge < -0.3 is 15.7 Å². The van der Waals surface area contributed by atoms with Crippen molar-refractivity contribution < 1.29 is 23.1 Å². The predicted octanol–water partition coefficient (Wildman–Crippen LogP) is 0.506. The Morgan fingerprint density at radius 1 is 1.29 bits per heavy atom. The largest absolute Gasteiger partial charge is 0.481 e. The van der Waals surface area contributed by atoms with Crippen molar-refractivity contribution in [2.45, 2.75) is 50.3 Å². The van der Waals surface area contributed by atoms with Crippen molar-refractivity contribution in [1.29, 1.82) is 0 Å². The second-order valence-electron chi connectivity index (χ2n) is 6.15. The van der Waals surface area contributed by atoms with Crippen molar-refractivity contribution >= 4 is 21.8 Å². The number of hydrogen-bond acceptors (Lipinski definition) is 4. The summed E-state index contributed by atoms with van der Waals surface area (Å²) in [6, 6.07) is -0.910. The van der Waals surface area contributed by atoms with E-state index in [0.717, 1.165) is 6.42 Å². The van der Waals surface area contributed by atoms with Crippen LogP contribution >= 0.6 is 0 Å². The average Bonchev–Trinajstić information content (AvgIpc) is 2.91. The smallest absolute Gasteiger partial charge is 0.315 e. The van der Waals surface area contributed by atoms with Crippen LogP contribution in [0.1, 0.15) is 39.0 Å². The molecule has 1 saturated carbocycles. The minimum atomic E-state index is -3.08. The van der Waals surface area contributed by atoms with E-state index in [1.807, 2.05) is 0 Å². The first kappa shape index (κ1) is 16.1. The van der Waals surface area contributed by atoms with E-state index in [1.165, 1.54) is 0 Å². The predicted molar refractivity (Wildman–Crippen MR) is 76.7 cm³/mol. The number of aliphatic carboxylic acids is 1. The Balaban J connectivity index is 1.86. The molecule has 120 valence electrons. The highest BCUT2D eigenvalue weighted by molar-refractivity contribution is 7.92. The maximum Gasteiger partial charge on any atom is 0.315 e. The van der Waals surface area contributed by atoms with Crippen molar-refractivity contribution in [1.82, 2.24) is 10.6 Å². The zero-order chi connectivity index (χ0) is 15.7. The van der Waals surface area contributed by atoms with Crippen molar-refractivity contribution in [3.8, 4) is 0 Å². The highest BCUT2D eigenvalue weighted by atomic mass is 32.2. The Morgan fingerprint density at radius 3 is 2.57 bits per heavy atom. The van der Waals surface area contributed by atoms with Gasteiger partial charge in [-0.2, -0.15) is 0 Å². The lowest BCUT2D eigenvalue weighted by molar-refractivity contribution is -0.148. The first-order valence-electron chi connectivity index (χ1n) is 7.25. The van der Waals surface area contributed by atoms with Gasteiger partial charge in [-0.1, -0.05) is 6.42 Å². The van der Waals surface area contributed by atoms with Crippen molar-refractivity contribution in [2.24, 2.45) is 5.41 Å². The zero-order valence-corrected chi connectivity index (χ0v) is 12.9. The summed E-state index contributed by atoms with van der Waals surface area (Å²) in [6.07, 6.45) is 3.11. The Bertz CT molecular complexity index is 533. The highest BCUT2D eigenvalue weighted by Crippen LogP contribution is 2.38. The molecule has 3 atom stereocenters. The number of sulfone groups is 1. The van der Waals surface area contributed by atoms with Crippen LogP contribution in [-0.2, 0) is 14.6 Å². The maximum absolute atomic E-state index is 11.9. The van der Waals surface area contributed by atoms with E-state index in [0.29, 0.717) is 25.7 Å². The van der Waals surface area contributed by atoms with Gasteiger partial charge >= 0.3 is 12.0 Å². The summed E-state index contributed by atoms with van der Waals surface area (Å²) in [6.45, 7) is 1.72. The number of carbonyl (C=O) groups is 2. The summed E-state index contributed by atoms with van der Waals surface area (Å²) in [4.78, 5) is 23.2. The number of urea groups is 1. The molecule has 1 heterocycles. The topological polar surface area (TPSA) is 113 Å². The van der Waals surface area contributed by atoms with Gasteiger partial charge in [0.25, 0.3) is 0 Å². The fraction of sp³-hybridized carbons (Fsp3) is 0.846. The molecule has 1 saturated heterocycles. The number of carboxylic acids is 1. The van der Waals surface area contributed by atoms with E-state index in [2.05, 4.69) is 10.6 Å². The lowest BCUT2D eigenvalue weighted by Gasteiger charge is -2.27. The van der Waals surface area contributed by atoms with Crippen LogP contribution in [0.5, 0.6) is 0 Å². The third kappa shape index (κ3) is 3.30. The van der Waals surface area contributed by atoms with Gasteiger partial charge in [-0.15, -0.1) is 0 Å². The molecule has 8 heteroatoms.